The van der Waals surface area contributed by atoms with Gasteiger partial charge in [0.25, 0.3) is 0 Å². The van der Waals surface area contributed by atoms with Gasteiger partial charge in [0.2, 0.25) is 0 Å². The van der Waals surface area contributed by atoms with E-state index in [1.807, 2.05) is 6.92 Å². The van der Waals surface area contributed by atoms with Gasteiger partial charge in [0.15, 0.2) is 0 Å². The Morgan fingerprint density at radius 3 is 3.40 bits per heavy atom. The fourth-order valence-electron chi connectivity index (χ4n) is 0.731. The summed E-state index contributed by atoms with van der Waals surface area (Å²) in [7, 11) is 0. The molecule has 4 nitrogen and oxygen atoms in total. The van der Waals surface area contributed by atoms with Crippen LogP contribution in [-0.2, 0) is 0 Å². The zero-order valence-electron chi connectivity index (χ0n) is 5.83. The Morgan fingerprint density at radius 2 is 2.70 bits per heavy atom. The summed E-state index contributed by atoms with van der Waals surface area (Å²) in [6.45, 7) is 2.03. The molecule has 1 aliphatic heterocycles. The average molecular weight is 138 g/mol. The van der Waals surface area contributed by atoms with Gasteiger partial charge in [-0.25, -0.2) is 0 Å². The van der Waals surface area contributed by atoms with Crippen LogP contribution in [0, 0.1) is 0 Å². The average Bonchev–Trinajstić information content (AvgIpc) is 2.13. The monoisotopic (exact) mass is 138 g/mol. The first-order valence-electron chi connectivity index (χ1n) is 3.20. The van der Waals surface area contributed by atoms with E-state index in [0.29, 0.717) is 5.70 Å². The molecule has 10 heavy (non-hydrogen) atoms. The van der Waals surface area contributed by atoms with Crippen LogP contribution in [0.2, 0.25) is 0 Å². The fourth-order valence-corrected chi connectivity index (χ4v) is 0.731. The van der Waals surface area contributed by atoms with Crippen molar-refractivity contribution in [1.82, 2.24) is 5.43 Å². The van der Waals surface area contributed by atoms with Crippen LogP contribution in [0.5, 0.6) is 0 Å². The van der Waals surface area contributed by atoms with Crippen molar-refractivity contribution in [3.05, 3.63) is 11.9 Å². The van der Waals surface area contributed by atoms with Crippen LogP contribution >= 0.6 is 0 Å². The lowest BCUT2D eigenvalue weighted by Gasteiger charge is -2.11. The first-order chi connectivity index (χ1) is 4.84. The third-order valence-electron chi connectivity index (χ3n) is 1.35. The largest absolute Gasteiger partial charge is 0.399 e. The predicted octanol–water partition coefficient (Wildman–Crippen LogP) is 0.257. The first kappa shape index (κ1) is 6.83. The van der Waals surface area contributed by atoms with Gasteiger partial charge >= 0.3 is 0 Å². The molecular weight excluding hydrogens is 128 g/mol. The second-order valence-corrected chi connectivity index (χ2v) is 2.06. The van der Waals surface area contributed by atoms with Crippen LogP contribution in [0.1, 0.15) is 13.3 Å². The maximum absolute atomic E-state index is 5.59. The summed E-state index contributed by atoms with van der Waals surface area (Å²) in [6.07, 6.45) is 2.47. The molecule has 0 aromatic rings. The lowest BCUT2D eigenvalue weighted by molar-refractivity contribution is 0.578. The Balaban J connectivity index is 2.73. The molecule has 1 aliphatic rings. The van der Waals surface area contributed by atoms with Crippen LogP contribution in [-0.4, -0.2) is 12.1 Å². The highest BCUT2D eigenvalue weighted by atomic mass is 15.3. The lowest BCUT2D eigenvalue weighted by Crippen LogP contribution is -2.28. The van der Waals surface area contributed by atoms with Crippen LogP contribution < -0.4 is 11.2 Å². The zero-order valence-corrected chi connectivity index (χ0v) is 5.83. The summed E-state index contributed by atoms with van der Waals surface area (Å²) in [4.78, 5) is 3.68. The third kappa shape index (κ3) is 1.36. The Labute approximate surface area is 59.5 Å². The standard InChI is InChI=1S/C6H10N4/c1-2-6-5(7)3-8-4-9-10-6/h3,6,10H,2,7H2,1H3. The maximum Gasteiger partial charge on any atom is 0.119 e. The van der Waals surface area contributed by atoms with Crippen molar-refractivity contribution in [2.45, 2.75) is 19.4 Å². The van der Waals surface area contributed by atoms with Crippen molar-refractivity contribution in [3.63, 3.8) is 0 Å². The van der Waals surface area contributed by atoms with Gasteiger partial charge in [-0.2, -0.15) is 4.99 Å². The van der Waals surface area contributed by atoms with Crippen LogP contribution in [0.4, 0.5) is 0 Å². The second kappa shape index (κ2) is 3.03. The molecule has 0 aromatic heterocycles. The molecule has 1 heterocycles. The molecule has 0 radical (unpaired) electrons. The summed E-state index contributed by atoms with van der Waals surface area (Å²) in [6, 6.07) is 2.53. The van der Waals surface area contributed by atoms with Crippen molar-refractivity contribution in [2.24, 2.45) is 15.8 Å². The van der Waals surface area contributed by atoms with Gasteiger partial charge in [0.1, 0.15) is 6.01 Å². The van der Waals surface area contributed by atoms with E-state index in [1.165, 1.54) is 0 Å². The van der Waals surface area contributed by atoms with Crippen LogP contribution in [0.15, 0.2) is 22.0 Å². The van der Waals surface area contributed by atoms with Gasteiger partial charge in [-0.15, -0.1) is 5.10 Å². The summed E-state index contributed by atoms with van der Waals surface area (Å²) >= 11 is 0. The highest BCUT2D eigenvalue weighted by Crippen LogP contribution is 2.00. The molecule has 1 atom stereocenters. The van der Waals surface area contributed by atoms with E-state index < -0.39 is 0 Å². The number of nitrogens with zero attached hydrogens (tertiary/aromatic N) is 2. The number of hydrazone groups is 1. The predicted molar refractivity (Wildman–Crippen MR) is 39.3 cm³/mol. The normalized spacial score (nSPS) is 23.3. The molecular formula is C6H10N4. The minimum Gasteiger partial charge on any atom is -0.399 e. The SMILES string of the molecule is CCC1NN=C=NC=C1N. The summed E-state index contributed by atoms with van der Waals surface area (Å²) < 4.78 is 0. The van der Waals surface area contributed by atoms with E-state index in [0.717, 1.165) is 6.42 Å². The molecule has 0 fully saturated rings. The lowest BCUT2D eigenvalue weighted by atomic mass is 10.2. The molecule has 0 aliphatic carbocycles. The number of hydrogen-bond acceptors (Lipinski definition) is 4. The van der Waals surface area contributed by atoms with Gasteiger partial charge < -0.3 is 5.73 Å². The Morgan fingerprint density at radius 1 is 1.90 bits per heavy atom. The number of hydrogen-bond donors (Lipinski definition) is 2. The molecule has 3 N–H and O–H groups in total. The van der Waals surface area contributed by atoms with E-state index in [2.05, 4.69) is 21.5 Å². The van der Waals surface area contributed by atoms with E-state index >= 15 is 0 Å². The van der Waals surface area contributed by atoms with E-state index in [9.17, 15) is 0 Å². The molecule has 0 saturated carbocycles. The van der Waals surface area contributed by atoms with Crippen LogP contribution in [0.3, 0.4) is 0 Å². The molecule has 0 amide bonds. The van der Waals surface area contributed by atoms with Crippen LogP contribution in [0.25, 0.3) is 0 Å². The van der Waals surface area contributed by atoms with Crippen molar-refractivity contribution >= 4 is 6.01 Å². The molecule has 1 rings (SSSR count). The van der Waals surface area contributed by atoms with Gasteiger partial charge in [-0.1, -0.05) is 6.92 Å². The summed E-state index contributed by atoms with van der Waals surface area (Å²) in [5, 5.41) is 3.67. The van der Waals surface area contributed by atoms with E-state index in [4.69, 9.17) is 5.73 Å². The minimum absolute atomic E-state index is 0.110. The Kier molecular flexibility index (Phi) is 2.07. The van der Waals surface area contributed by atoms with Gasteiger partial charge in [-0.05, 0) is 6.42 Å². The number of rotatable bonds is 1. The number of nitrogens with one attached hydrogen (secondary N) is 1. The van der Waals surface area contributed by atoms with Gasteiger partial charge in [-0.3, -0.25) is 5.43 Å². The van der Waals surface area contributed by atoms with Crippen molar-refractivity contribution in [2.75, 3.05) is 0 Å². The second-order valence-electron chi connectivity index (χ2n) is 2.06. The molecule has 54 valence electrons. The highest BCUT2D eigenvalue weighted by molar-refractivity contribution is 5.43. The van der Waals surface area contributed by atoms with E-state index in [1.54, 1.807) is 6.20 Å². The zero-order chi connectivity index (χ0) is 7.40. The van der Waals surface area contributed by atoms with E-state index in [-0.39, 0.29) is 6.04 Å². The maximum atomic E-state index is 5.59. The molecule has 0 saturated heterocycles. The fraction of sp³-hybridized carbons (Fsp3) is 0.500. The summed E-state index contributed by atoms with van der Waals surface area (Å²) in [5.41, 5.74) is 9.11. The van der Waals surface area contributed by atoms with Gasteiger partial charge in [0, 0.05) is 0 Å². The number of aliphatic imine (C=N–C) groups is 1. The first-order valence-corrected chi connectivity index (χ1v) is 3.20. The molecule has 0 bridgehead atoms. The summed E-state index contributed by atoms with van der Waals surface area (Å²) in [5.74, 6) is 0. The van der Waals surface area contributed by atoms with Crippen molar-refractivity contribution in [3.8, 4) is 0 Å². The minimum atomic E-state index is 0.110. The van der Waals surface area contributed by atoms with Gasteiger partial charge in [0.05, 0.1) is 17.9 Å². The topological polar surface area (TPSA) is 62.8 Å². The Bertz CT molecular complexity index is 200. The van der Waals surface area contributed by atoms with Crippen molar-refractivity contribution in [1.29, 1.82) is 0 Å². The molecule has 1 unspecified atom stereocenters. The molecule has 0 spiro atoms. The molecule has 4 heteroatoms. The Hall–Kier alpha value is -1.28. The highest BCUT2D eigenvalue weighted by Gasteiger charge is 2.07. The molecule has 0 aromatic carbocycles. The smallest absolute Gasteiger partial charge is 0.119 e. The third-order valence-corrected chi connectivity index (χ3v) is 1.35. The quantitative estimate of drug-likeness (QED) is 0.545. The number of nitrogens with two attached hydrogens (primary N) is 1. The van der Waals surface area contributed by atoms with Crippen molar-refractivity contribution < 1.29 is 0 Å².